The van der Waals surface area contributed by atoms with E-state index in [1.165, 1.54) is 0 Å². The summed E-state index contributed by atoms with van der Waals surface area (Å²) in [5, 5.41) is 5.69. The largest absolute Gasteiger partial charge is 0.349 e. The molecule has 0 saturated carbocycles. The molecule has 1 aromatic carbocycles. The summed E-state index contributed by atoms with van der Waals surface area (Å²) in [6, 6.07) is 6.99. The summed E-state index contributed by atoms with van der Waals surface area (Å²) >= 11 is 0. The highest BCUT2D eigenvalue weighted by Crippen LogP contribution is 2.18. The summed E-state index contributed by atoms with van der Waals surface area (Å²) in [5.41, 5.74) is 1.12. The standard InChI is InChI=1S/C13H16N2O2/c1-2-5-9-8-12(16)15-11-7-4-3-6-10(11)13(17)14-9/h3-4,6-7,9H,2,5,8H2,1H3,(H,14,17)(H,15,16). The smallest absolute Gasteiger partial charge is 0.253 e. The van der Waals surface area contributed by atoms with Crippen LogP contribution in [0.5, 0.6) is 0 Å². The Bertz CT molecular complexity index is 443. The Balaban J connectivity index is 2.28. The van der Waals surface area contributed by atoms with Crippen LogP contribution in [0.4, 0.5) is 5.69 Å². The minimum absolute atomic E-state index is 0.0455. The van der Waals surface area contributed by atoms with Gasteiger partial charge in [0.05, 0.1) is 11.3 Å². The minimum Gasteiger partial charge on any atom is -0.349 e. The third-order valence-electron chi connectivity index (χ3n) is 2.85. The Morgan fingerprint density at radius 2 is 2.06 bits per heavy atom. The molecule has 1 aromatic rings. The summed E-state index contributed by atoms with van der Waals surface area (Å²) in [5.74, 6) is -0.157. The second-order valence-corrected chi connectivity index (χ2v) is 4.26. The fraction of sp³-hybridized carbons (Fsp3) is 0.385. The maximum atomic E-state index is 12.0. The van der Waals surface area contributed by atoms with Gasteiger partial charge in [-0.05, 0) is 18.6 Å². The van der Waals surface area contributed by atoms with Crippen molar-refractivity contribution in [2.45, 2.75) is 32.2 Å². The number of para-hydroxylation sites is 1. The zero-order chi connectivity index (χ0) is 12.3. The van der Waals surface area contributed by atoms with Crippen LogP contribution < -0.4 is 10.6 Å². The van der Waals surface area contributed by atoms with Crippen molar-refractivity contribution in [3.63, 3.8) is 0 Å². The molecule has 1 unspecified atom stereocenters. The second kappa shape index (κ2) is 4.99. The first-order valence-electron chi connectivity index (χ1n) is 5.90. The Morgan fingerprint density at radius 3 is 2.82 bits per heavy atom. The van der Waals surface area contributed by atoms with Crippen LogP contribution in [0.3, 0.4) is 0 Å². The van der Waals surface area contributed by atoms with Crippen LogP contribution in [0.25, 0.3) is 0 Å². The van der Waals surface area contributed by atoms with Crippen LogP contribution in [0.2, 0.25) is 0 Å². The molecule has 2 N–H and O–H groups in total. The number of carbonyl (C=O) groups excluding carboxylic acids is 2. The van der Waals surface area contributed by atoms with E-state index >= 15 is 0 Å². The highest BCUT2D eigenvalue weighted by Gasteiger charge is 2.22. The first-order valence-corrected chi connectivity index (χ1v) is 5.90. The van der Waals surface area contributed by atoms with Crippen molar-refractivity contribution in [1.82, 2.24) is 5.32 Å². The number of fused-ring (bicyclic) bond motifs is 1. The molecule has 1 heterocycles. The molecule has 0 saturated heterocycles. The second-order valence-electron chi connectivity index (χ2n) is 4.26. The van der Waals surface area contributed by atoms with Gasteiger partial charge in [0.15, 0.2) is 0 Å². The molecule has 1 aliphatic rings. The van der Waals surface area contributed by atoms with Gasteiger partial charge < -0.3 is 10.6 Å². The van der Waals surface area contributed by atoms with Gasteiger partial charge in [-0.1, -0.05) is 25.5 Å². The van der Waals surface area contributed by atoms with Crippen molar-refractivity contribution in [1.29, 1.82) is 0 Å². The number of benzene rings is 1. The minimum atomic E-state index is -0.112. The Hall–Kier alpha value is -1.84. The molecule has 0 radical (unpaired) electrons. The topological polar surface area (TPSA) is 58.2 Å². The van der Waals surface area contributed by atoms with Gasteiger partial charge in [-0.25, -0.2) is 0 Å². The van der Waals surface area contributed by atoms with E-state index in [-0.39, 0.29) is 17.9 Å². The lowest BCUT2D eigenvalue weighted by atomic mass is 10.0. The number of hydrogen-bond donors (Lipinski definition) is 2. The van der Waals surface area contributed by atoms with Crippen molar-refractivity contribution in [3.8, 4) is 0 Å². The molecule has 0 fully saturated rings. The van der Waals surface area contributed by atoms with Crippen molar-refractivity contribution in [2.75, 3.05) is 5.32 Å². The monoisotopic (exact) mass is 232 g/mol. The van der Waals surface area contributed by atoms with E-state index in [2.05, 4.69) is 10.6 Å². The highest BCUT2D eigenvalue weighted by atomic mass is 16.2. The summed E-state index contributed by atoms with van der Waals surface area (Å²) < 4.78 is 0. The number of amides is 2. The maximum Gasteiger partial charge on any atom is 0.253 e. The quantitative estimate of drug-likeness (QED) is 0.818. The lowest BCUT2D eigenvalue weighted by Gasteiger charge is -2.22. The van der Waals surface area contributed by atoms with E-state index in [0.29, 0.717) is 17.7 Å². The maximum absolute atomic E-state index is 12.0. The van der Waals surface area contributed by atoms with Crippen LogP contribution in [0, 0.1) is 0 Å². The summed E-state index contributed by atoms with van der Waals surface area (Å²) in [7, 11) is 0. The number of nitrogens with one attached hydrogen (secondary N) is 2. The van der Waals surface area contributed by atoms with E-state index in [1.807, 2.05) is 6.92 Å². The van der Waals surface area contributed by atoms with Gasteiger partial charge in [0.1, 0.15) is 0 Å². The number of carbonyl (C=O) groups is 2. The van der Waals surface area contributed by atoms with E-state index in [1.54, 1.807) is 24.3 Å². The van der Waals surface area contributed by atoms with E-state index in [4.69, 9.17) is 0 Å². The average Bonchev–Trinajstić information content (AvgIpc) is 2.28. The van der Waals surface area contributed by atoms with Crippen LogP contribution in [-0.2, 0) is 4.79 Å². The molecule has 2 amide bonds. The number of anilines is 1. The van der Waals surface area contributed by atoms with Crippen molar-refractivity contribution in [3.05, 3.63) is 29.8 Å². The predicted molar refractivity (Wildman–Crippen MR) is 65.9 cm³/mol. The van der Waals surface area contributed by atoms with Gasteiger partial charge in [0.25, 0.3) is 5.91 Å². The normalized spacial score (nSPS) is 19.7. The molecule has 1 atom stereocenters. The number of rotatable bonds is 2. The fourth-order valence-electron chi connectivity index (χ4n) is 2.05. The van der Waals surface area contributed by atoms with Crippen LogP contribution in [0.1, 0.15) is 36.5 Å². The first-order chi connectivity index (χ1) is 8.20. The van der Waals surface area contributed by atoms with E-state index < -0.39 is 0 Å². The van der Waals surface area contributed by atoms with E-state index in [0.717, 1.165) is 12.8 Å². The molecule has 0 aliphatic carbocycles. The molecule has 0 bridgehead atoms. The third kappa shape index (κ3) is 2.64. The zero-order valence-corrected chi connectivity index (χ0v) is 9.82. The predicted octanol–water partition coefficient (Wildman–Crippen LogP) is 1.93. The summed E-state index contributed by atoms with van der Waals surface area (Å²) in [6.07, 6.45) is 2.11. The van der Waals surface area contributed by atoms with Gasteiger partial charge in [-0.3, -0.25) is 9.59 Å². The average molecular weight is 232 g/mol. The summed E-state index contributed by atoms with van der Waals surface area (Å²) in [4.78, 5) is 23.7. The van der Waals surface area contributed by atoms with Crippen molar-refractivity contribution < 1.29 is 9.59 Å². The molecule has 2 rings (SSSR count). The Kier molecular flexibility index (Phi) is 3.42. The Morgan fingerprint density at radius 1 is 1.29 bits per heavy atom. The van der Waals surface area contributed by atoms with Gasteiger partial charge in [0.2, 0.25) is 5.91 Å². The zero-order valence-electron chi connectivity index (χ0n) is 9.82. The van der Waals surface area contributed by atoms with Crippen molar-refractivity contribution >= 4 is 17.5 Å². The van der Waals surface area contributed by atoms with E-state index in [9.17, 15) is 9.59 Å². The van der Waals surface area contributed by atoms with Crippen molar-refractivity contribution in [2.24, 2.45) is 0 Å². The van der Waals surface area contributed by atoms with Gasteiger partial charge in [0, 0.05) is 12.5 Å². The highest BCUT2D eigenvalue weighted by molar-refractivity contribution is 6.05. The van der Waals surface area contributed by atoms with Crippen LogP contribution >= 0.6 is 0 Å². The molecule has 0 spiro atoms. The SMILES string of the molecule is CCCC1CC(=O)Nc2ccccc2C(=O)N1. The first kappa shape index (κ1) is 11.6. The molecule has 1 aliphatic heterocycles. The van der Waals surface area contributed by atoms with Crippen LogP contribution in [-0.4, -0.2) is 17.9 Å². The van der Waals surface area contributed by atoms with Gasteiger partial charge >= 0.3 is 0 Å². The lowest BCUT2D eigenvalue weighted by Crippen LogP contribution is -2.40. The molecule has 90 valence electrons. The summed E-state index contributed by atoms with van der Waals surface area (Å²) in [6.45, 7) is 2.04. The molecular formula is C13H16N2O2. The lowest BCUT2D eigenvalue weighted by molar-refractivity contribution is -0.116. The molecule has 4 heteroatoms. The van der Waals surface area contributed by atoms with Gasteiger partial charge in [-0.2, -0.15) is 0 Å². The molecule has 0 aromatic heterocycles. The molecule has 17 heavy (non-hydrogen) atoms. The Labute approximate surface area is 100 Å². The third-order valence-corrected chi connectivity index (χ3v) is 2.85. The van der Waals surface area contributed by atoms with Gasteiger partial charge in [-0.15, -0.1) is 0 Å². The molecule has 4 nitrogen and oxygen atoms in total. The number of hydrogen-bond acceptors (Lipinski definition) is 2. The fourth-order valence-corrected chi connectivity index (χ4v) is 2.05. The van der Waals surface area contributed by atoms with Crippen LogP contribution in [0.15, 0.2) is 24.3 Å². The molecular weight excluding hydrogens is 216 g/mol.